The lowest BCUT2D eigenvalue weighted by Gasteiger charge is -2.27. The van der Waals surface area contributed by atoms with E-state index in [4.69, 9.17) is 13.1 Å². The first-order valence-electron chi connectivity index (χ1n) is 7.84. The molecule has 0 aliphatic rings. The summed E-state index contributed by atoms with van der Waals surface area (Å²) in [5.74, 6) is -0.574. The summed E-state index contributed by atoms with van der Waals surface area (Å²) in [6.45, 7) is 8.21. The van der Waals surface area contributed by atoms with Crippen molar-refractivity contribution < 1.29 is 34.7 Å². The Morgan fingerprint density at radius 3 is 1.92 bits per heavy atom. The van der Waals surface area contributed by atoms with E-state index in [1.165, 1.54) is 6.21 Å². The van der Waals surface area contributed by atoms with Crippen LogP contribution in [0, 0.1) is 11.3 Å². The smallest absolute Gasteiger partial charge is 0.433 e. The van der Waals surface area contributed by atoms with E-state index in [-0.39, 0.29) is 19.6 Å². The molecule has 9 nitrogen and oxygen atoms in total. The number of ether oxygens (including phenoxy) is 1. The van der Waals surface area contributed by atoms with Gasteiger partial charge in [-0.25, -0.2) is 4.79 Å². The minimum Gasteiger partial charge on any atom is -0.442 e. The second kappa shape index (κ2) is 9.25. The highest BCUT2D eigenvalue weighted by atomic mass is 32.2. The zero-order chi connectivity index (χ0) is 20.8. The topological polar surface area (TPSA) is 125 Å². The molecule has 0 rings (SSSR count). The molecule has 11 heteroatoms. The van der Waals surface area contributed by atoms with Gasteiger partial charge in [0.2, 0.25) is 0 Å². The van der Waals surface area contributed by atoms with E-state index in [2.05, 4.69) is 4.99 Å². The average Bonchev–Trinajstić information content (AvgIpc) is 2.36. The van der Waals surface area contributed by atoms with Crippen LogP contribution in [-0.4, -0.2) is 60.5 Å². The molecule has 0 bridgehead atoms. The fourth-order valence-electron chi connectivity index (χ4n) is 1.86. The Morgan fingerprint density at radius 2 is 1.50 bits per heavy atom. The molecule has 0 aliphatic carbocycles. The zero-order valence-corrected chi connectivity index (χ0v) is 17.9. The molecule has 0 aromatic rings. The maximum atomic E-state index is 11.7. The second-order valence-corrected chi connectivity index (χ2v) is 11.1. The van der Waals surface area contributed by atoms with Gasteiger partial charge < -0.3 is 4.74 Å². The Morgan fingerprint density at radius 1 is 1.00 bits per heavy atom. The predicted octanol–water partition coefficient (Wildman–Crippen LogP) is 1.98. The van der Waals surface area contributed by atoms with E-state index in [9.17, 15) is 21.6 Å². The minimum absolute atomic E-state index is 0.110. The lowest BCUT2D eigenvalue weighted by atomic mass is 9.84. The number of hydrogen-bond acceptors (Lipinski definition) is 8. The SMILES string of the molecule is CC(C)(COS(C)(=O)=O)CC(C=NC(=O)OC(C)(C)C)COS(C)(=O)=O. The van der Waals surface area contributed by atoms with Gasteiger partial charge in [-0.2, -0.15) is 21.8 Å². The summed E-state index contributed by atoms with van der Waals surface area (Å²) in [5, 5.41) is 0. The number of hydrogen-bond donors (Lipinski definition) is 0. The van der Waals surface area contributed by atoms with Gasteiger partial charge in [-0.1, -0.05) is 13.8 Å². The quantitative estimate of drug-likeness (QED) is 0.413. The number of carbonyl (C=O) groups is 1. The van der Waals surface area contributed by atoms with Gasteiger partial charge in [0, 0.05) is 12.1 Å². The largest absolute Gasteiger partial charge is 0.442 e. The van der Waals surface area contributed by atoms with Gasteiger partial charge in [-0.15, -0.1) is 0 Å². The van der Waals surface area contributed by atoms with E-state index < -0.39 is 43.3 Å². The average molecular weight is 416 g/mol. The lowest BCUT2D eigenvalue weighted by Crippen LogP contribution is -2.28. The number of amides is 1. The standard InChI is InChI=1S/C15H29NO8S2/c1-14(2,3)24-13(17)16-9-12(10-22-25(6,18)19)8-15(4,5)11-23-26(7,20)21/h9,12H,8,10-11H2,1-7H3. The van der Waals surface area contributed by atoms with Gasteiger partial charge >= 0.3 is 6.09 Å². The van der Waals surface area contributed by atoms with Gasteiger partial charge in [-0.05, 0) is 32.6 Å². The molecule has 0 saturated carbocycles. The van der Waals surface area contributed by atoms with Crippen LogP contribution in [0.3, 0.4) is 0 Å². The molecule has 154 valence electrons. The van der Waals surface area contributed by atoms with Crippen molar-refractivity contribution in [1.29, 1.82) is 0 Å². The van der Waals surface area contributed by atoms with Crippen molar-refractivity contribution >= 4 is 32.5 Å². The molecule has 0 aromatic heterocycles. The third kappa shape index (κ3) is 15.2. The Hall–Kier alpha value is -1.04. The van der Waals surface area contributed by atoms with Crippen LogP contribution in [0.25, 0.3) is 0 Å². The summed E-state index contributed by atoms with van der Waals surface area (Å²) in [7, 11) is -7.29. The molecule has 0 N–H and O–H groups in total. The van der Waals surface area contributed by atoms with E-state index in [1.807, 2.05) is 0 Å². The third-order valence-corrected chi connectivity index (χ3v) is 3.87. The molecule has 0 saturated heterocycles. The van der Waals surface area contributed by atoms with Crippen LogP contribution in [0.2, 0.25) is 0 Å². The molecule has 0 radical (unpaired) electrons. The van der Waals surface area contributed by atoms with Crippen LogP contribution in [0.4, 0.5) is 4.79 Å². The van der Waals surface area contributed by atoms with Gasteiger partial charge in [-0.3, -0.25) is 8.37 Å². The molecular formula is C15H29NO8S2. The summed E-state index contributed by atoms with van der Waals surface area (Å²) in [5.41, 5.74) is -1.36. The van der Waals surface area contributed by atoms with Crippen LogP contribution < -0.4 is 0 Å². The fourth-order valence-corrected chi connectivity index (χ4v) is 2.81. The van der Waals surface area contributed by atoms with Crippen molar-refractivity contribution in [3.8, 4) is 0 Å². The number of carbonyl (C=O) groups excluding carboxylic acids is 1. The summed E-state index contributed by atoms with van der Waals surface area (Å²) in [6, 6.07) is 0. The van der Waals surface area contributed by atoms with E-state index in [1.54, 1.807) is 34.6 Å². The Balaban J connectivity index is 5.12. The Kier molecular flexibility index (Phi) is 8.88. The maximum absolute atomic E-state index is 11.7. The summed E-state index contributed by atoms with van der Waals surface area (Å²) in [4.78, 5) is 15.4. The first kappa shape index (κ1) is 25.0. The van der Waals surface area contributed by atoms with Crippen molar-refractivity contribution in [3.63, 3.8) is 0 Å². The summed E-state index contributed by atoms with van der Waals surface area (Å²) >= 11 is 0. The van der Waals surface area contributed by atoms with Gasteiger partial charge in [0.1, 0.15) is 5.60 Å². The second-order valence-electron chi connectivity index (χ2n) is 7.84. The van der Waals surface area contributed by atoms with Crippen molar-refractivity contribution in [2.45, 2.75) is 46.6 Å². The molecule has 0 fully saturated rings. The predicted molar refractivity (Wildman–Crippen MR) is 98.2 cm³/mol. The van der Waals surface area contributed by atoms with Crippen molar-refractivity contribution in [2.24, 2.45) is 16.3 Å². The van der Waals surface area contributed by atoms with Crippen LogP contribution in [0.15, 0.2) is 4.99 Å². The summed E-state index contributed by atoms with van der Waals surface area (Å²) < 4.78 is 59.4. The molecule has 0 spiro atoms. The maximum Gasteiger partial charge on any atom is 0.433 e. The van der Waals surface area contributed by atoms with Crippen LogP contribution >= 0.6 is 0 Å². The van der Waals surface area contributed by atoms with E-state index in [0.29, 0.717) is 0 Å². The van der Waals surface area contributed by atoms with Crippen LogP contribution in [-0.2, 0) is 33.3 Å². The summed E-state index contributed by atoms with van der Waals surface area (Å²) in [6.07, 6.45) is 2.56. The van der Waals surface area contributed by atoms with E-state index >= 15 is 0 Å². The highest BCUT2D eigenvalue weighted by Crippen LogP contribution is 2.26. The monoisotopic (exact) mass is 415 g/mol. The molecule has 1 atom stereocenters. The highest BCUT2D eigenvalue weighted by molar-refractivity contribution is 7.86. The molecule has 1 unspecified atom stereocenters. The van der Waals surface area contributed by atoms with Crippen molar-refractivity contribution in [2.75, 3.05) is 25.7 Å². The number of nitrogens with zero attached hydrogens (tertiary/aromatic N) is 1. The Bertz CT molecular complexity index is 702. The van der Waals surface area contributed by atoms with Gasteiger partial charge in [0.15, 0.2) is 0 Å². The third-order valence-electron chi connectivity index (χ3n) is 2.76. The molecule has 0 heterocycles. The van der Waals surface area contributed by atoms with Crippen molar-refractivity contribution in [1.82, 2.24) is 0 Å². The number of aliphatic imine (C=N–C) groups is 1. The molecule has 0 aliphatic heterocycles. The first-order valence-corrected chi connectivity index (χ1v) is 11.5. The number of rotatable bonds is 9. The molecule has 1 amide bonds. The molecular weight excluding hydrogens is 386 g/mol. The highest BCUT2D eigenvalue weighted by Gasteiger charge is 2.26. The molecule has 26 heavy (non-hydrogen) atoms. The van der Waals surface area contributed by atoms with E-state index in [0.717, 1.165) is 12.5 Å². The Labute approximate surface area is 156 Å². The molecule has 0 aromatic carbocycles. The minimum atomic E-state index is -3.68. The fraction of sp³-hybridized carbons (Fsp3) is 0.867. The van der Waals surface area contributed by atoms with Crippen LogP contribution in [0.5, 0.6) is 0 Å². The lowest BCUT2D eigenvalue weighted by molar-refractivity contribution is 0.0603. The first-order chi connectivity index (χ1) is 11.4. The van der Waals surface area contributed by atoms with Gasteiger partial charge in [0.05, 0.1) is 25.7 Å². The zero-order valence-electron chi connectivity index (χ0n) is 16.3. The van der Waals surface area contributed by atoms with Crippen LogP contribution in [0.1, 0.15) is 41.0 Å². The normalized spacial score (nSPS) is 15.2. The van der Waals surface area contributed by atoms with Gasteiger partial charge in [0.25, 0.3) is 20.2 Å². The van der Waals surface area contributed by atoms with Crippen molar-refractivity contribution in [3.05, 3.63) is 0 Å².